The highest BCUT2D eigenvalue weighted by molar-refractivity contribution is 7.99. The van der Waals surface area contributed by atoms with Gasteiger partial charge in [-0.3, -0.25) is 14.9 Å². The summed E-state index contributed by atoms with van der Waals surface area (Å²) in [5.74, 6) is -0.144. The number of esters is 1. The summed E-state index contributed by atoms with van der Waals surface area (Å²) in [5.41, 5.74) is 1.87. The van der Waals surface area contributed by atoms with Gasteiger partial charge in [0.15, 0.2) is 5.78 Å². The smallest absolute Gasteiger partial charge is 0.344 e. The monoisotopic (exact) mass is 467 g/mol. The molecule has 1 aromatic carbocycles. The summed E-state index contributed by atoms with van der Waals surface area (Å²) in [6, 6.07) is 11.7. The van der Waals surface area contributed by atoms with E-state index in [0.29, 0.717) is 11.6 Å². The fraction of sp³-hybridized carbons (Fsp3) is 0.292. The maximum atomic E-state index is 12.5. The van der Waals surface area contributed by atoms with Gasteiger partial charge in [0, 0.05) is 17.7 Å². The molecule has 0 atom stereocenters. The summed E-state index contributed by atoms with van der Waals surface area (Å²) < 4.78 is 10.5. The molecule has 1 N–H and O–H groups in total. The number of furan rings is 1. The molecule has 0 radical (unpaired) electrons. The molecule has 33 heavy (non-hydrogen) atoms. The van der Waals surface area contributed by atoms with Crippen molar-refractivity contribution in [2.75, 3.05) is 17.7 Å². The Labute approximate surface area is 196 Å². The maximum Gasteiger partial charge on any atom is 0.344 e. The van der Waals surface area contributed by atoms with Gasteiger partial charge in [-0.05, 0) is 33.8 Å². The normalized spacial score (nSPS) is 10.7. The zero-order valence-electron chi connectivity index (χ0n) is 18.9. The SMILES string of the molecule is CCOC(=O)c1c(NC(=O)CCSc2cc(-c3ccccc3)nc(C)n2)oc(C)c1C(C)=O. The molecule has 2 aromatic heterocycles. The average Bonchev–Trinajstić information content (AvgIpc) is 3.10. The number of benzene rings is 1. The van der Waals surface area contributed by atoms with Crippen LogP contribution in [0.5, 0.6) is 0 Å². The number of nitrogens with zero attached hydrogens (tertiary/aromatic N) is 2. The van der Waals surface area contributed by atoms with Crippen molar-refractivity contribution in [3.8, 4) is 11.3 Å². The highest BCUT2D eigenvalue weighted by Crippen LogP contribution is 2.29. The van der Waals surface area contributed by atoms with Gasteiger partial charge >= 0.3 is 5.97 Å². The van der Waals surface area contributed by atoms with Crippen LogP contribution in [0, 0.1) is 13.8 Å². The van der Waals surface area contributed by atoms with E-state index in [1.165, 1.54) is 18.7 Å². The predicted molar refractivity (Wildman–Crippen MR) is 126 cm³/mol. The molecule has 2 heterocycles. The van der Waals surface area contributed by atoms with E-state index in [4.69, 9.17) is 9.15 Å². The van der Waals surface area contributed by atoms with E-state index >= 15 is 0 Å². The van der Waals surface area contributed by atoms with E-state index in [1.807, 2.05) is 43.3 Å². The summed E-state index contributed by atoms with van der Waals surface area (Å²) in [7, 11) is 0. The van der Waals surface area contributed by atoms with Crippen molar-refractivity contribution in [1.82, 2.24) is 9.97 Å². The van der Waals surface area contributed by atoms with Crippen molar-refractivity contribution in [1.29, 1.82) is 0 Å². The molecule has 0 fully saturated rings. The number of ketones is 1. The van der Waals surface area contributed by atoms with Gasteiger partial charge in [0.1, 0.15) is 22.2 Å². The Morgan fingerprint density at radius 1 is 1.09 bits per heavy atom. The van der Waals surface area contributed by atoms with Crippen LogP contribution < -0.4 is 5.32 Å². The summed E-state index contributed by atoms with van der Waals surface area (Å²) in [6.45, 7) is 6.51. The topological polar surface area (TPSA) is 111 Å². The van der Waals surface area contributed by atoms with E-state index in [0.717, 1.165) is 16.3 Å². The lowest BCUT2D eigenvalue weighted by Gasteiger charge is -2.07. The first kappa shape index (κ1) is 24.2. The summed E-state index contributed by atoms with van der Waals surface area (Å²) >= 11 is 1.43. The lowest BCUT2D eigenvalue weighted by atomic mass is 10.1. The number of aromatic nitrogens is 2. The van der Waals surface area contributed by atoms with Gasteiger partial charge in [0.05, 0.1) is 17.9 Å². The molecule has 8 nitrogen and oxygen atoms in total. The third kappa shape index (κ3) is 6.07. The number of ether oxygens (including phenoxy) is 1. The Balaban J connectivity index is 1.67. The van der Waals surface area contributed by atoms with Crippen LogP contribution >= 0.6 is 11.8 Å². The molecule has 9 heteroatoms. The minimum Gasteiger partial charge on any atom is -0.462 e. The van der Waals surface area contributed by atoms with Crippen LogP contribution in [0.15, 0.2) is 45.8 Å². The molecule has 0 saturated heterocycles. The number of nitrogens with one attached hydrogen (secondary N) is 1. The van der Waals surface area contributed by atoms with Gasteiger partial charge in [-0.1, -0.05) is 30.3 Å². The Bertz CT molecular complexity index is 1170. The summed E-state index contributed by atoms with van der Waals surface area (Å²) in [4.78, 5) is 45.8. The number of hydrogen-bond donors (Lipinski definition) is 1. The van der Waals surface area contributed by atoms with E-state index < -0.39 is 5.97 Å². The first-order chi connectivity index (χ1) is 15.8. The Morgan fingerprint density at radius 2 is 1.82 bits per heavy atom. The second-order valence-electron chi connectivity index (χ2n) is 7.17. The van der Waals surface area contributed by atoms with Crippen LogP contribution in [0.3, 0.4) is 0 Å². The first-order valence-corrected chi connectivity index (χ1v) is 11.4. The predicted octanol–water partition coefficient (Wildman–Crippen LogP) is 4.85. The first-order valence-electron chi connectivity index (χ1n) is 10.4. The lowest BCUT2D eigenvalue weighted by Crippen LogP contribution is -2.16. The molecule has 0 saturated carbocycles. The van der Waals surface area contributed by atoms with Crippen molar-refractivity contribution < 1.29 is 23.5 Å². The van der Waals surface area contributed by atoms with Gasteiger partial charge in [-0.15, -0.1) is 11.8 Å². The number of aryl methyl sites for hydroxylation is 2. The number of rotatable bonds is 9. The van der Waals surface area contributed by atoms with Crippen LogP contribution in [-0.4, -0.2) is 40.0 Å². The summed E-state index contributed by atoms with van der Waals surface area (Å²) in [6.07, 6.45) is 0.145. The fourth-order valence-electron chi connectivity index (χ4n) is 3.26. The van der Waals surface area contributed by atoms with Crippen LogP contribution in [0.25, 0.3) is 11.3 Å². The number of amides is 1. The molecule has 1 amide bonds. The van der Waals surface area contributed by atoms with Crippen molar-refractivity contribution in [2.24, 2.45) is 0 Å². The molecular weight excluding hydrogens is 442 g/mol. The Kier molecular flexibility index (Phi) is 8.00. The quantitative estimate of drug-likeness (QED) is 0.206. The minimum absolute atomic E-state index is 0.0539. The molecule has 0 bridgehead atoms. The second-order valence-corrected chi connectivity index (χ2v) is 8.28. The minimum atomic E-state index is -0.714. The largest absolute Gasteiger partial charge is 0.462 e. The van der Waals surface area contributed by atoms with Crippen molar-refractivity contribution in [3.05, 3.63) is 59.1 Å². The fourth-order valence-corrected chi connectivity index (χ4v) is 4.15. The molecule has 0 unspecified atom stereocenters. The molecular formula is C24H25N3O5S. The molecule has 0 aliphatic rings. The molecule has 0 aliphatic carbocycles. The Morgan fingerprint density at radius 3 is 2.48 bits per heavy atom. The number of carbonyl (C=O) groups excluding carboxylic acids is 3. The standard InChI is InChI=1S/C24H25N3O5S/c1-5-31-24(30)22-21(14(2)28)15(3)32-23(22)27-19(29)11-12-33-20-13-18(25-16(4)26-20)17-9-7-6-8-10-17/h6-10,13H,5,11-12H2,1-4H3,(H,27,29). The number of hydrogen-bond acceptors (Lipinski definition) is 8. The molecule has 0 aliphatic heterocycles. The van der Waals surface area contributed by atoms with Gasteiger partial charge in [0.2, 0.25) is 11.8 Å². The molecule has 3 rings (SSSR count). The summed E-state index contributed by atoms with van der Waals surface area (Å²) in [5, 5.41) is 3.35. The van der Waals surface area contributed by atoms with E-state index in [2.05, 4.69) is 15.3 Å². The van der Waals surface area contributed by atoms with Crippen molar-refractivity contribution >= 4 is 35.3 Å². The van der Waals surface area contributed by atoms with Gasteiger partial charge in [-0.2, -0.15) is 0 Å². The molecule has 0 spiro atoms. The van der Waals surface area contributed by atoms with E-state index in [9.17, 15) is 14.4 Å². The van der Waals surface area contributed by atoms with Crippen molar-refractivity contribution in [2.45, 2.75) is 39.1 Å². The highest BCUT2D eigenvalue weighted by atomic mass is 32.2. The van der Waals surface area contributed by atoms with Gasteiger partial charge < -0.3 is 9.15 Å². The van der Waals surface area contributed by atoms with Gasteiger partial charge in [-0.25, -0.2) is 14.8 Å². The van der Waals surface area contributed by atoms with Crippen molar-refractivity contribution in [3.63, 3.8) is 0 Å². The van der Waals surface area contributed by atoms with Crippen LogP contribution in [0.2, 0.25) is 0 Å². The highest BCUT2D eigenvalue weighted by Gasteiger charge is 2.28. The average molecular weight is 468 g/mol. The van der Waals surface area contributed by atoms with E-state index in [-0.39, 0.29) is 47.5 Å². The molecule has 3 aromatic rings. The van der Waals surface area contributed by atoms with Gasteiger partial charge in [0.25, 0.3) is 0 Å². The van der Waals surface area contributed by atoms with Crippen LogP contribution in [0.1, 0.15) is 52.6 Å². The zero-order valence-corrected chi connectivity index (χ0v) is 19.7. The maximum absolute atomic E-state index is 12.5. The Hall–Kier alpha value is -3.46. The third-order valence-corrected chi connectivity index (χ3v) is 5.55. The number of anilines is 1. The number of carbonyl (C=O) groups is 3. The third-order valence-electron chi connectivity index (χ3n) is 4.63. The van der Waals surface area contributed by atoms with Crippen LogP contribution in [0.4, 0.5) is 5.88 Å². The lowest BCUT2D eigenvalue weighted by molar-refractivity contribution is -0.115. The molecule has 172 valence electrons. The van der Waals surface area contributed by atoms with Crippen LogP contribution in [-0.2, 0) is 9.53 Å². The number of thioether (sulfide) groups is 1. The zero-order chi connectivity index (χ0) is 24.0. The number of Topliss-reactive ketones (excluding diaryl/α,β-unsaturated/α-hetero) is 1. The second kappa shape index (κ2) is 10.9. The van der Waals surface area contributed by atoms with E-state index in [1.54, 1.807) is 13.8 Å².